The van der Waals surface area contributed by atoms with E-state index < -0.39 is 0 Å². The second kappa shape index (κ2) is 7.49. The van der Waals surface area contributed by atoms with Crippen LogP contribution in [0.2, 0.25) is 0 Å². The molecule has 0 saturated carbocycles. The predicted molar refractivity (Wildman–Crippen MR) is 98.5 cm³/mol. The molecule has 2 rings (SSSR count). The Morgan fingerprint density at radius 1 is 1.10 bits per heavy atom. The van der Waals surface area contributed by atoms with E-state index in [0.717, 1.165) is 22.8 Å². The zero-order valence-corrected chi connectivity index (χ0v) is 15.2. The largest absolute Gasteiger partial charge is 0.466 e. The van der Waals surface area contributed by atoms with Crippen molar-refractivity contribution < 1.29 is 4.42 Å². The van der Waals surface area contributed by atoms with E-state index in [4.69, 9.17) is 10.2 Å². The first kappa shape index (κ1) is 17.6. The molecule has 0 bridgehead atoms. The van der Waals surface area contributed by atoms with Crippen molar-refractivity contribution >= 4 is 35.6 Å². The second-order valence-electron chi connectivity index (χ2n) is 5.14. The van der Waals surface area contributed by atoms with Crippen molar-refractivity contribution in [3.05, 3.63) is 52.5 Å². The predicted octanol–water partition coefficient (Wildman–Crippen LogP) is 4.06. The van der Waals surface area contributed by atoms with Crippen LogP contribution in [0.4, 0.5) is 5.69 Å². The van der Waals surface area contributed by atoms with Gasteiger partial charge in [-0.15, -0.1) is 24.0 Å². The van der Waals surface area contributed by atoms with Crippen LogP contribution in [-0.4, -0.2) is 5.96 Å². The molecule has 3 N–H and O–H groups in total. The van der Waals surface area contributed by atoms with Crippen LogP contribution >= 0.6 is 24.0 Å². The molecular weight excluding hydrogens is 377 g/mol. The Labute approximate surface area is 142 Å². The summed E-state index contributed by atoms with van der Waals surface area (Å²) < 4.78 is 5.47. The van der Waals surface area contributed by atoms with Gasteiger partial charge in [0.2, 0.25) is 0 Å². The monoisotopic (exact) mass is 399 g/mol. The number of aryl methyl sites for hydroxylation is 4. The van der Waals surface area contributed by atoms with Crippen molar-refractivity contribution in [1.29, 1.82) is 0 Å². The maximum Gasteiger partial charge on any atom is 0.193 e. The van der Waals surface area contributed by atoms with Crippen LogP contribution < -0.4 is 11.1 Å². The maximum absolute atomic E-state index is 5.92. The molecule has 2 aromatic rings. The number of anilines is 1. The molecule has 0 unspecified atom stereocenters. The molecule has 1 heterocycles. The number of nitrogens with one attached hydrogen (secondary N) is 1. The number of benzene rings is 1. The Kier molecular flexibility index (Phi) is 6.26. The van der Waals surface area contributed by atoms with Crippen LogP contribution in [0.25, 0.3) is 0 Å². The third kappa shape index (κ3) is 5.08. The SMILES string of the molecule is Cc1cc(C)cc(NC(N)=NCc2cc(C)oc2C)c1.I. The van der Waals surface area contributed by atoms with Crippen molar-refractivity contribution in [3.8, 4) is 0 Å². The molecule has 0 saturated heterocycles. The summed E-state index contributed by atoms with van der Waals surface area (Å²) in [7, 11) is 0. The van der Waals surface area contributed by atoms with Gasteiger partial charge in [-0.2, -0.15) is 0 Å². The first-order chi connectivity index (χ1) is 9.44. The van der Waals surface area contributed by atoms with Gasteiger partial charge in [-0.3, -0.25) is 0 Å². The van der Waals surface area contributed by atoms with E-state index >= 15 is 0 Å². The van der Waals surface area contributed by atoms with Gasteiger partial charge in [0.15, 0.2) is 5.96 Å². The highest BCUT2D eigenvalue weighted by Gasteiger charge is 2.04. The zero-order chi connectivity index (χ0) is 14.7. The molecule has 5 heteroatoms. The fourth-order valence-corrected chi connectivity index (χ4v) is 2.25. The molecule has 0 radical (unpaired) electrons. The summed E-state index contributed by atoms with van der Waals surface area (Å²) in [5, 5.41) is 3.12. The van der Waals surface area contributed by atoms with Gasteiger partial charge in [0.1, 0.15) is 11.5 Å². The molecule has 21 heavy (non-hydrogen) atoms. The van der Waals surface area contributed by atoms with Crippen LogP contribution in [0, 0.1) is 27.7 Å². The van der Waals surface area contributed by atoms with Gasteiger partial charge >= 0.3 is 0 Å². The Bertz CT molecular complexity index is 627. The Morgan fingerprint density at radius 2 is 1.71 bits per heavy atom. The minimum atomic E-state index is 0. The van der Waals surface area contributed by atoms with Crippen LogP contribution in [-0.2, 0) is 6.54 Å². The van der Waals surface area contributed by atoms with E-state index in [2.05, 4.69) is 30.2 Å². The fraction of sp³-hybridized carbons (Fsp3) is 0.312. The average Bonchev–Trinajstić information content (AvgIpc) is 2.64. The van der Waals surface area contributed by atoms with Gasteiger partial charge in [0, 0.05) is 11.3 Å². The molecule has 0 fully saturated rings. The number of furan rings is 1. The number of nitrogens with zero attached hydrogens (tertiary/aromatic N) is 1. The van der Waals surface area contributed by atoms with Gasteiger partial charge in [-0.05, 0) is 57.0 Å². The summed E-state index contributed by atoms with van der Waals surface area (Å²) in [6.45, 7) is 8.50. The number of hydrogen-bond acceptors (Lipinski definition) is 2. The number of guanidine groups is 1. The van der Waals surface area contributed by atoms with Crippen molar-refractivity contribution in [1.82, 2.24) is 0 Å². The van der Waals surface area contributed by atoms with Crippen molar-refractivity contribution in [2.75, 3.05) is 5.32 Å². The number of halogens is 1. The Balaban J connectivity index is 0.00000220. The summed E-state index contributed by atoms with van der Waals surface area (Å²) in [5.74, 6) is 2.20. The number of hydrogen-bond donors (Lipinski definition) is 2. The van der Waals surface area contributed by atoms with Crippen molar-refractivity contribution in [3.63, 3.8) is 0 Å². The highest BCUT2D eigenvalue weighted by Crippen LogP contribution is 2.15. The van der Waals surface area contributed by atoms with Crippen molar-refractivity contribution in [2.24, 2.45) is 10.7 Å². The molecule has 4 nitrogen and oxygen atoms in total. The quantitative estimate of drug-likeness (QED) is 0.465. The molecule has 0 atom stereocenters. The third-order valence-electron chi connectivity index (χ3n) is 3.06. The van der Waals surface area contributed by atoms with Crippen LogP contribution in [0.15, 0.2) is 33.7 Å². The lowest BCUT2D eigenvalue weighted by molar-refractivity contribution is 0.501. The standard InChI is InChI=1S/C16H21N3O.HI/c1-10-5-11(2)7-15(6-10)19-16(17)18-9-14-8-12(3)20-13(14)4;/h5-8H,9H2,1-4H3,(H3,17,18,19);1H. The first-order valence-corrected chi connectivity index (χ1v) is 6.65. The summed E-state index contributed by atoms with van der Waals surface area (Å²) in [6, 6.07) is 8.20. The highest BCUT2D eigenvalue weighted by molar-refractivity contribution is 14.0. The van der Waals surface area contributed by atoms with E-state index in [9.17, 15) is 0 Å². The van der Waals surface area contributed by atoms with E-state index in [-0.39, 0.29) is 24.0 Å². The molecular formula is C16H22IN3O. The van der Waals surface area contributed by atoms with E-state index in [1.165, 1.54) is 11.1 Å². The number of rotatable bonds is 3. The van der Waals surface area contributed by atoms with Gasteiger partial charge in [-0.1, -0.05) is 6.07 Å². The smallest absolute Gasteiger partial charge is 0.193 e. The zero-order valence-electron chi connectivity index (χ0n) is 12.9. The van der Waals surface area contributed by atoms with Gasteiger partial charge in [0.25, 0.3) is 0 Å². The summed E-state index contributed by atoms with van der Waals surface area (Å²) >= 11 is 0. The van der Waals surface area contributed by atoms with Crippen LogP contribution in [0.3, 0.4) is 0 Å². The van der Waals surface area contributed by atoms with Gasteiger partial charge in [0.05, 0.1) is 6.54 Å². The normalized spacial score (nSPS) is 11.1. The lowest BCUT2D eigenvalue weighted by Crippen LogP contribution is -2.22. The third-order valence-corrected chi connectivity index (χ3v) is 3.06. The van der Waals surface area contributed by atoms with E-state index in [0.29, 0.717) is 12.5 Å². The minimum Gasteiger partial charge on any atom is -0.466 e. The van der Waals surface area contributed by atoms with Crippen LogP contribution in [0.1, 0.15) is 28.2 Å². The molecule has 114 valence electrons. The molecule has 1 aromatic heterocycles. The van der Waals surface area contributed by atoms with Gasteiger partial charge < -0.3 is 15.5 Å². The fourth-order valence-electron chi connectivity index (χ4n) is 2.25. The summed E-state index contributed by atoms with van der Waals surface area (Å²) in [6.07, 6.45) is 0. The summed E-state index contributed by atoms with van der Waals surface area (Å²) in [5.41, 5.74) is 10.3. The Morgan fingerprint density at radius 3 is 2.24 bits per heavy atom. The molecule has 0 aliphatic rings. The first-order valence-electron chi connectivity index (χ1n) is 6.65. The molecule has 0 amide bonds. The van der Waals surface area contributed by atoms with E-state index in [1.807, 2.05) is 32.0 Å². The van der Waals surface area contributed by atoms with Gasteiger partial charge in [-0.25, -0.2) is 4.99 Å². The van der Waals surface area contributed by atoms with Crippen LogP contribution in [0.5, 0.6) is 0 Å². The summed E-state index contributed by atoms with van der Waals surface area (Å²) in [4.78, 5) is 4.35. The second-order valence-corrected chi connectivity index (χ2v) is 5.14. The lowest BCUT2D eigenvalue weighted by atomic mass is 10.1. The van der Waals surface area contributed by atoms with E-state index in [1.54, 1.807) is 0 Å². The minimum absolute atomic E-state index is 0. The lowest BCUT2D eigenvalue weighted by Gasteiger charge is -2.07. The average molecular weight is 399 g/mol. The molecule has 0 aliphatic carbocycles. The Hall–Kier alpha value is -1.50. The maximum atomic E-state index is 5.92. The highest BCUT2D eigenvalue weighted by atomic mass is 127. The number of aliphatic imine (C=N–C) groups is 1. The number of nitrogens with two attached hydrogens (primary N) is 1. The molecule has 0 spiro atoms. The topological polar surface area (TPSA) is 63.5 Å². The van der Waals surface area contributed by atoms with Crippen molar-refractivity contribution in [2.45, 2.75) is 34.2 Å². The molecule has 1 aromatic carbocycles. The molecule has 0 aliphatic heterocycles.